The predicted octanol–water partition coefficient (Wildman–Crippen LogP) is 2.68. The number of likely N-dealkylation sites (tertiary alicyclic amines) is 2. The van der Waals surface area contributed by atoms with Gasteiger partial charge in [-0.25, -0.2) is 0 Å². The van der Waals surface area contributed by atoms with Gasteiger partial charge in [0.25, 0.3) is 0 Å². The molecular weight excluding hydrogens is 236 g/mol. The molecule has 0 unspecified atom stereocenters. The van der Waals surface area contributed by atoms with Crippen LogP contribution in [0.15, 0.2) is 29.2 Å². The quantitative estimate of drug-likeness (QED) is 0.759. The smallest absolute Gasteiger partial charge is 0.118 e. The van der Waals surface area contributed by atoms with Crippen LogP contribution in [0, 0.1) is 0 Å². The second-order valence-corrected chi connectivity index (χ2v) is 5.69. The number of furan rings is 1. The Bertz CT molecular complexity index is 440. The topological polar surface area (TPSA) is 19.6 Å². The third kappa shape index (κ3) is 2.49. The summed E-state index contributed by atoms with van der Waals surface area (Å²) in [6.07, 6.45) is 5.60. The third-order valence-corrected chi connectivity index (χ3v) is 4.59. The van der Waals surface area contributed by atoms with E-state index in [4.69, 9.17) is 4.42 Å². The molecule has 0 N–H and O–H groups in total. The Morgan fingerprint density at radius 3 is 2.58 bits per heavy atom. The molecule has 2 saturated heterocycles. The van der Waals surface area contributed by atoms with Gasteiger partial charge in [-0.05, 0) is 25.0 Å². The van der Waals surface area contributed by atoms with Gasteiger partial charge in [-0.15, -0.1) is 6.58 Å². The van der Waals surface area contributed by atoms with Crippen molar-refractivity contribution in [3.8, 4) is 0 Å². The summed E-state index contributed by atoms with van der Waals surface area (Å²) in [6.45, 7) is 10.4. The maximum absolute atomic E-state index is 5.85. The molecule has 3 rings (SSSR count). The van der Waals surface area contributed by atoms with Gasteiger partial charge in [0.05, 0.1) is 6.54 Å². The molecular formula is C16H24N2O. The van der Waals surface area contributed by atoms with E-state index in [1.54, 1.807) is 0 Å². The standard InChI is InChI=1S/C16H24N2O/c1-3-9-17-10-7-16-15(17)8-11-18(16)12-14-6-5-13(4-2)19-14/h3,5-6,15-16H,1,4,7-12H2,2H3/t15-,16+/m0/s1. The fourth-order valence-electron chi connectivity index (χ4n) is 3.65. The third-order valence-electron chi connectivity index (χ3n) is 4.59. The SMILES string of the molecule is C=CCN1CC[C@@H]2[C@@H]1CCN2Cc1ccc(CC)o1. The molecule has 0 spiro atoms. The molecule has 3 heteroatoms. The molecule has 0 bridgehead atoms. The Hall–Kier alpha value is -1.06. The highest BCUT2D eigenvalue weighted by Gasteiger charge is 2.41. The van der Waals surface area contributed by atoms with Crippen LogP contribution in [0.3, 0.4) is 0 Å². The van der Waals surface area contributed by atoms with E-state index < -0.39 is 0 Å². The summed E-state index contributed by atoms with van der Waals surface area (Å²) in [5.41, 5.74) is 0. The minimum absolute atomic E-state index is 0.718. The summed E-state index contributed by atoms with van der Waals surface area (Å²) in [5.74, 6) is 2.23. The molecule has 0 aliphatic carbocycles. The highest BCUT2D eigenvalue weighted by atomic mass is 16.3. The number of rotatable bonds is 5. The van der Waals surface area contributed by atoms with Gasteiger partial charge >= 0.3 is 0 Å². The van der Waals surface area contributed by atoms with E-state index in [9.17, 15) is 0 Å². The molecule has 1 aromatic heterocycles. The van der Waals surface area contributed by atoms with Crippen LogP contribution in [-0.4, -0.2) is 41.5 Å². The Kier molecular flexibility index (Phi) is 3.76. The number of fused-ring (bicyclic) bond motifs is 1. The van der Waals surface area contributed by atoms with Gasteiger partial charge in [0.15, 0.2) is 0 Å². The Balaban J connectivity index is 1.63. The fourth-order valence-corrected chi connectivity index (χ4v) is 3.65. The molecule has 3 nitrogen and oxygen atoms in total. The van der Waals surface area contributed by atoms with E-state index in [2.05, 4.69) is 35.4 Å². The highest BCUT2D eigenvalue weighted by Crippen LogP contribution is 2.32. The van der Waals surface area contributed by atoms with Crippen molar-refractivity contribution in [2.75, 3.05) is 19.6 Å². The van der Waals surface area contributed by atoms with Crippen LogP contribution < -0.4 is 0 Å². The molecule has 2 atom stereocenters. The van der Waals surface area contributed by atoms with Crippen molar-refractivity contribution < 1.29 is 4.42 Å². The first kappa shape index (κ1) is 12.9. The normalized spacial score (nSPS) is 27.8. The van der Waals surface area contributed by atoms with E-state index >= 15 is 0 Å². The average Bonchev–Trinajstić information content (AvgIpc) is 3.09. The van der Waals surface area contributed by atoms with Gasteiger partial charge in [-0.1, -0.05) is 13.0 Å². The number of aryl methyl sites for hydroxylation is 1. The molecule has 2 aliphatic rings. The van der Waals surface area contributed by atoms with Crippen LogP contribution in [0.1, 0.15) is 31.3 Å². The highest BCUT2D eigenvalue weighted by molar-refractivity contribution is 5.09. The molecule has 0 amide bonds. The van der Waals surface area contributed by atoms with Gasteiger partial charge in [-0.2, -0.15) is 0 Å². The van der Waals surface area contributed by atoms with Crippen molar-refractivity contribution in [3.63, 3.8) is 0 Å². The van der Waals surface area contributed by atoms with E-state index in [0.717, 1.165) is 43.1 Å². The van der Waals surface area contributed by atoms with E-state index in [-0.39, 0.29) is 0 Å². The van der Waals surface area contributed by atoms with Gasteiger partial charge in [0.2, 0.25) is 0 Å². The second kappa shape index (κ2) is 5.51. The fraction of sp³-hybridized carbons (Fsp3) is 0.625. The lowest BCUT2D eigenvalue weighted by Crippen LogP contribution is -2.36. The first-order valence-corrected chi connectivity index (χ1v) is 7.48. The molecule has 1 aromatic rings. The van der Waals surface area contributed by atoms with Crippen LogP contribution in [0.25, 0.3) is 0 Å². The van der Waals surface area contributed by atoms with Crippen molar-refractivity contribution in [1.82, 2.24) is 9.80 Å². The van der Waals surface area contributed by atoms with Crippen LogP contribution in [0.2, 0.25) is 0 Å². The maximum Gasteiger partial charge on any atom is 0.118 e. The zero-order valence-electron chi connectivity index (χ0n) is 11.8. The Labute approximate surface area is 115 Å². The second-order valence-electron chi connectivity index (χ2n) is 5.69. The van der Waals surface area contributed by atoms with Gasteiger partial charge in [0.1, 0.15) is 11.5 Å². The average molecular weight is 260 g/mol. The number of hydrogen-bond donors (Lipinski definition) is 0. The lowest BCUT2D eigenvalue weighted by Gasteiger charge is -2.24. The zero-order chi connectivity index (χ0) is 13.2. The van der Waals surface area contributed by atoms with Gasteiger partial charge in [0, 0.05) is 38.1 Å². The summed E-state index contributed by atoms with van der Waals surface area (Å²) >= 11 is 0. The summed E-state index contributed by atoms with van der Waals surface area (Å²) in [4.78, 5) is 5.18. The largest absolute Gasteiger partial charge is 0.465 e. The van der Waals surface area contributed by atoms with Crippen LogP contribution in [0.4, 0.5) is 0 Å². The number of hydrogen-bond acceptors (Lipinski definition) is 3. The first-order chi connectivity index (χ1) is 9.31. The van der Waals surface area contributed by atoms with Gasteiger partial charge < -0.3 is 4.42 Å². The van der Waals surface area contributed by atoms with Crippen LogP contribution >= 0.6 is 0 Å². The molecule has 0 radical (unpaired) electrons. The monoisotopic (exact) mass is 260 g/mol. The molecule has 104 valence electrons. The summed E-state index contributed by atoms with van der Waals surface area (Å²) in [7, 11) is 0. The minimum Gasteiger partial charge on any atom is -0.465 e. The van der Waals surface area contributed by atoms with Crippen molar-refractivity contribution in [2.24, 2.45) is 0 Å². The predicted molar refractivity (Wildman–Crippen MR) is 77.1 cm³/mol. The first-order valence-electron chi connectivity index (χ1n) is 7.48. The molecule has 3 heterocycles. The van der Waals surface area contributed by atoms with E-state index in [0.29, 0.717) is 0 Å². The van der Waals surface area contributed by atoms with Crippen molar-refractivity contribution in [1.29, 1.82) is 0 Å². The maximum atomic E-state index is 5.85. The molecule has 19 heavy (non-hydrogen) atoms. The lowest BCUT2D eigenvalue weighted by atomic mass is 10.1. The van der Waals surface area contributed by atoms with Crippen molar-refractivity contribution in [3.05, 3.63) is 36.3 Å². The van der Waals surface area contributed by atoms with E-state index in [1.807, 2.05) is 6.08 Å². The Morgan fingerprint density at radius 2 is 1.89 bits per heavy atom. The minimum atomic E-state index is 0.718. The zero-order valence-corrected chi connectivity index (χ0v) is 11.8. The van der Waals surface area contributed by atoms with Crippen LogP contribution in [0.5, 0.6) is 0 Å². The summed E-state index contributed by atoms with van der Waals surface area (Å²) in [5, 5.41) is 0. The lowest BCUT2D eigenvalue weighted by molar-refractivity contribution is 0.210. The summed E-state index contributed by atoms with van der Waals surface area (Å²) < 4.78 is 5.85. The molecule has 0 saturated carbocycles. The molecule has 0 aromatic carbocycles. The van der Waals surface area contributed by atoms with Crippen molar-refractivity contribution >= 4 is 0 Å². The molecule has 2 aliphatic heterocycles. The van der Waals surface area contributed by atoms with Gasteiger partial charge in [-0.3, -0.25) is 9.80 Å². The number of nitrogens with zero attached hydrogens (tertiary/aromatic N) is 2. The van der Waals surface area contributed by atoms with E-state index in [1.165, 1.54) is 25.9 Å². The van der Waals surface area contributed by atoms with Crippen LogP contribution in [-0.2, 0) is 13.0 Å². The summed E-state index contributed by atoms with van der Waals surface area (Å²) in [6, 6.07) is 5.71. The Morgan fingerprint density at radius 1 is 1.21 bits per heavy atom. The molecule has 2 fully saturated rings. The van der Waals surface area contributed by atoms with Crippen molar-refractivity contribution in [2.45, 2.75) is 44.8 Å².